The van der Waals surface area contributed by atoms with Crippen molar-refractivity contribution in [2.45, 2.75) is 6.54 Å². The second-order valence-electron chi connectivity index (χ2n) is 5.04. The van der Waals surface area contributed by atoms with Crippen LogP contribution in [0, 0.1) is 5.82 Å². The lowest BCUT2D eigenvalue weighted by molar-refractivity contribution is 0.0600. The molecule has 0 aliphatic rings. The number of benzene rings is 1. The van der Waals surface area contributed by atoms with Gasteiger partial charge in [-0.3, -0.25) is 4.40 Å². The van der Waals surface area contributed by atoms with Crippen molar-refractivity contribution < 1.29 is 18.7 Å². The van der Waals surface area contributed by atoms with Crippen LogP contribution < -0.4 is 10.6 Å². The number of hydrogen-bond acceptors (Lipinski definition) is 5. The van der Waals surface area contributed by atoms with Gasteiger partial charge in [0.2, 0.25) is 0 Å². The molecule has 2 heterocycles. The summed E-state index contributed by atoms with van der Waals surface area (Å²) < 4.78 is 20.1. The summed E-state index contributed by atoms with van der Waals surface area (Å²) in [7, 11) is 1.22. The number of esters is 1. The van der Waals surface area contributed by atoms with E-state index in [0.717, 1.165) is 6.07 Å². The molecule has 8 nitrogen and oxygen atoms in total. The molecule has 128 valence electrons. The lowest BCUT2D eigenvalue weighted by atomic mass is 10.2. The maximum atomic E-state index is 13.8. The maximum Gasteiger partial charge on any atom is 0.337 e. The van der Waals surface area contributed by atoms with Crippen LogP contribution in [0.1, 0.15) is 16.2 Å². The molecule has 0 atom stereocenters. The van der Waals surface area contributed by atoms with Crippen molar-refractivity contribution in [3.05, 3.63) is 59.8 Å². The predicted octanol–water partition coefficient (Wildman–Crippen LogP) is 1.98. The second kappa shape index (κ2) is 6.95. The molecule has 0 saturated carbocycles. The number of fused-ring (bicyclic) bond motifs is 1. The number of nitrogens with one attached hydrogen (secondary N) is 2. The van der Waals surface area contributed by atoms with E-state index in [-0.39, 0.29) is 17.8 Å². The maximum absolute atomic E-state index is 13.8. The summed E-state index contributed by atoms with van der Waals surface area (Å²) in [5, 5.41) is 12.8. The molecule has 0 unspecified atom stereocenters. The van der Waals surface area contributed by atoms with Gasteiger partial charge < -0.3 is 15.4 Å². The van der Waals surface area contributed by atoms with Crippen molar-refractivity contribution in [2.24, 2.45) is 0 Å². The van der Waals surface area contributed by atoms with E-state index in [2.05, 4.69) is 25.6 Å². The van der Waals surface area contributed by atoms with E-state index in [4.69, 9.17) is 0 Å². The van der Waals surface area contributed by atoms with Crippen LogP contribution in [0.3, 0.4) is 0 Å². The Kier molecular flexibility index (Phi) is 4.55. The summed E-state index contributed by atoms with van der Waals surface area (Å²) in [4.78, 5) is 23.5. The van der Waals surface area contributed by atoms with Gasteiger partial charge in [-0.2, -0.15) is 0 Å². The number of urea groups is 1. The van der Waals surface area contributed by atoms with Gasteiger partial charge in [0.1, 0.15) is 5.82 Å². The lowest BCUT2D eigenvalue weighted by Crippen LogP contribution is -2.29. The largest absolute Gasteiger partial charge is 0.465 e. The first kappa shape index (κ1) is 16.4. The Morgan fingerprint density at radius 3 is 2.88 bits per heavy atom. The molecule has 0 aliphatic carbocycles. The zero-order chi connectivity index (χ0) is 17.8. The minimum absolute atomic E-state index is 0.0926. The van der Waals surface area contributed by atoms with Crippen LogP contribution in [-0.2, 0) is 11.3 Å². The van der Waals surface area contributed by atoms with Crippen molar-refractivity contribution in [1.29, 1.82) is 0 Å². The molecule has 9 heteroatoms. The molecule has 0 spiro atoms. The topological polar surface area (TPSA) is 97.6 Å². The third-order valence-corrected chi connectivity index (χ3v) is 3.43. The third kappa shape index (κ3) is 3.55. The van der Waals surface area contributed by atoms with E-state index in [9.17, 15) is 14.0 Å². The highest BCUT2D eigenvalue weighted by Crippen LogP contribution is 2.16. The van der Waals surface area contributed by atoms with Crippen molar-refractivity contribution >= 4 is 23.3 Å². The van der Waals surface area contributed by atoms with E-state index < -0.39 is 17.8 Å². The first-order valence-corrected chi connectivity index (χ1v) is 7.30. The fourth-order valence-electron chi connectivity index (χ4n) is 2.20. The molecule has 0 aliphatic heterocycles. The summed E-state index contributed by atoms with van der Waals surface area (Å²) in [6.07, 6.45) is 1.77. The Hall–Kier alpha value is -3.49. The van der Waals surface area contributed by atoms with E-state index in [0.29, 0.717) is 11.5 Å². The number of carbonyl (C=O) groups is 2. The summed E-state index contributed by atoms with van der Waals surface area (Å²) in [5.41, 5.74) is 0.644. The monoisotopic (exact) mass is 343 g/mol. The van der Waals surface area contributed by atoms with Gasteiger partial charge >= 0.3 is 12.0 Å². The van der Waals surface area contributed by atoms with Crippen LogP contribution in [0.4, 0.5) is 14.9 Å². The second-order valence-corrected chi connectivity index (χ2v) is 5.04. The third-order valence-electron chi connectivity index (χ3n) is 3.43. The van der Waals surface area contributed by atoms with Crippen LogP contribution in [-0.4, -0.2) is 33.7 Å². The fourth-order valence-corrected chi connectivity index (χ4v) is 2.20. The molecular weight excluding hydrogens is 329 g/mol. The van der Waals surface area contributed by atoms with Crippen LogP contribution in [0.2, 0.25) is 0 Å². The number of pyridine rings is 1. The zero-order valence-electron chi connectivity index (χ0n) is 13.2. The van der Waals surface area contributed by atoms with Crippen LogP contribution in [0.5, 0.6) is 0 Å². The quantitative estimate of drug-likeness (QED) is 0.706. The van der Waals surface area contributed by atoms with Gasteiger partial charge in [0, 0.05) is 6.20 Å². The van der Waals surface area contributed by atoms with Gasteiger partial charge in [0.15, 0.2) is 11.5 Å². The van der Waals surface area contributed by atoms with E-state index in [1.54, 1.807) is 16.7 Å². The Morgan fingerprint density at radius 1 is 1.24 bits per heavy atom. The number of halogens is 1. The average molecular weight is 343 g/mol. The molecule has 2 N–H and O–H groups in total. The summed E-state index contributed by atoms with van der Waals surface area (Å²) in [5.74, 6) is -0.774. The molecule has 0 fully saturated rings. The van der Waals surface area contributed by atoms with Crippen molar-refractivity contribution in [3.8, 4) is 0 Å². The number of methoxy groups -OCH3 is 1. The van der Waals surface area contributed by atoms with Crippen LogP contribution in [0.15, 0.2) is 42.6 Å². The number of amides is 2. The van der Waals surface area contributed by atoms with Gasteiger partial charge in [0.05, 0.1) is 24.9 Å². The van der Waals surface area contributed by atoms with E-state index in [1.165, 1.54) is 19.2 Å². The van der Waals surface area contributed by atoms with Gasteiger partial charge in [0.25, 0.3) is 0 Å². The SMILES string of the molecule is COC(=O)c1ccc(F)c(NC(=O)NCc2nnc3ccccn23)c1. The summed E-state index contributed by atoms with van der Waals surface area (Å²) in [6.45, 7) is 0.0926. The Bertz CT molecular complexity index is 940. The number of aromatic nitrogens is 3. The fraction of sp³-hybridized carbons (Fsp3) is 0.125. The molecule has 0 saturated heterocycles. The zero-order valence-corrected chi connectivity index (χ0v) is 13.2. The van der Waals surface area contributed by atoms with Crippen LogP contribution in [0.25, 0.3) is 5.65 Å². The average Bonchev–Trinajstić information content (AvgIpc) is 3.04. The van der Waals surface area contributed by atoms with Gasteiger partial charge in [-0.25, -0.2) is 14.0 Å². The van der Waals surface area contributed by atoms with Crippen molar-refractivity contribution in [2.75, 3.05) is 12.4 Å². The molecule has 1 aromatic carbocycles. The highest BCUT2D eigenvalue weighted by atomic mass is 19.1. The molecule has 3 aromatic rings. The molecule has 25 heavy (non-hydrogen) atoms. The number of carbonyl (C=O) groups excluding carboxylic acids is 2. The number of nitrogens with zero attached hydrogens (tertiary/aromatic N) is 3. The standard InChI is InChI=1S/C16H14FN5O3/c1-25-15(23)10-5-6-11(17)12(8-10)19-16(24)18-9-14-21-20-13-4-2-3-7-22(13)14/h2-8H,9H2,1H3,(H2,18,19,24). The minimum atomic E-state index is -0.671. The first-order valence-electron chi connectivity index (χ1n) is 7.30. The van der Waals surface area contributed by atoms with Gasteiger partial charge in [-0.05, 0) is 30.3 Å². The highest BCUT2D eigenvalue weighted by Gasteiger charge is 2.13. The smallest absolute Gasteiger partial charge is 0.337 e. The molecule has 0 radical (unpaired) electrons. The van der Waals surface area contributed by atoms with Gasteiger partial charge in [-0.1, -0.05) is 6.07 Å². The Morgan fingerprint density at radius 2 is 2.08 bits per heavy atom. The predicted molar refractivity (Wildman–Crippen MR) is 86.6 cm³/mol. The first-order chi connectivity index (χ1) is 12.1. The number of rotatable bonds is 4. The van der Waals surface area contributed by atoms with E-state index in [1.807, 2.05) is 12.1 Å². The molecule has 0 bridgehead atoms. The Balaban J connectivity index is 1.67. The van der Waals surface area contributed by atoms with Gasteiger partial charge in [-0.15, -0.1) is 10.2 Å². The Labute approximate surface area is 141 Å². The number of ether oxygens (including phenoxy) is 1. The molecule has 2 aromatic heterocycles. The number of hydrogen-bond donors (Lipinski definition) is 2. The van der Waals surface area contributed by atoms with Crippen LogP contribution >= 0.6 is 0 Å². The molecular formula is C16H14FN5O3. The van der Waals surface area contributed by atoms with Crippen molar-refractivity contribution in [1.82, 2.24) is 19.9 Å². The summed E-state index contributed by atoms with van der Waals surface area (Å²) in [6, 6.07) is 8.32. The summed E-state index contributed by atoms with van der Waals surface area (Å²) >= 11 is 0. The number of anilines is 1. The highest BCUT2D eigenvalue weighted by molar-refractivity contribution is 5.94. The van der Waals surface area contributed by atoms with E-state index >= 15 is 0 Å². The molecule has 3 rings (SSSR count). The lowest BCUT2D eigenvalue weighted by Gasteiger charge is -2.09. The normalized spacial score (nSPS) is 10.5. The minimum Gasteiger partial charge on any atom is -0.465 e. The van der Waals surface area contributed by atoms with Crippen molar-refractivity contribution in [3.63, 3.8) is 0 Å². The molecule has 2 amide bonds.